The van der Waals surface area contributed by atoms with Crippen molar-refractivity contribution in [2.45, 2.75) is 26.2 Å². The molecule has 0 spiro atoms. The molecule has 0 aliphatic carbocycles. The van der Waals surface area contributed by atoms with E-state index in [4.69, 9.17) is 0 Å². The second-order valence-electron chi connectivity index (χ2n) is 6.26. The van der Waals surface area contributed by atoms with Gasteiger partial charge in [0, 0.05) is 23.9 Å². The highest BCUT2D eigenvalue weighted by atomic mass is 19.1. The van der Waals surface area contributed by atoms with Crippen molar-refractivity contribution in [1.29, 1.82) is 0 Å². The van der Waals surface area contributed by atoms with Crippen LogP contribution in [0.3, 0.4) is 0 Å². The highest BCUT2D eigenvalue weighted by Gasteiger charge is 2.15. The molecule has 0 saturated carbocycles. The van der Waals surface area contributed by atoms with Crippen molar-refractivity contribution in [3.8, 4) is 0 Å². The third-order valence-electron chi connectivity index (χ3n) is 4.45. The summed E-state index contributed by atoms with van der Waals surface area (Å²) in [7, 11) is 0. The molecule has 4 heteroatoms. The Hall–Kier alpha value is -2.88. The second-order valence-corrected chi connectivity index (χ2v) is 6.26. The van der Waals surface area contributed by atoms with E-state index < -0.39 is 0 Å². The number of hydrogen-bond acceptors (Lipinski definition) is 3. The summed E-state index contributed by atoms with van der Waals surface area (Å²) in [6.07, 6.45) is 6.18. The molecule has 0 N–H and O–H groups in total. The van der Waals surface area contributed by atoms with E-state index >= 15 is 0 Å². The number of fused-ring (bicyclic) bond motifs is 1. The Morgan fingerprint density at radius 1 is 1.00 bits per heavy atom. The van der Waals surface area contributed by atoms with E-state index in [1.54, 1.807) is 19.1 Å². The summed E-state index contributed by atoms with van der Waals surface area (Å²) in [5.74, 6) is -0.181. The average Bonchev–Trinajstić information content (AvgIpc) is 3.11. The Kier molecular flexibility index (Phi) is 4.10. The molecule has 2 aromatic carbocycles. The first-order valence-corrected chi connectivity index (χ1v) is 8.43. The molecule has 0 amide bonds. The number of benzene rings is 2. The molecule has 3 nitrogen and oxygen atoms in total. The van der Waals surface area contributed by atoms with Gasteiger partial charge in [0.1, 0.15) is 5.82 Å². The monoisotopic (exact) mass is 331 g/mol. The van der Waals surface area contributed by atoms with Gasteiger partial charge >= 0.3 is 0 Å². The molecular weight excluding hydrogens is 313 g/mol. The predicted octanol–water partition coefficient (Wildman–Crippen LogP) is 4.90. The number of para-hydroxylation sites is 2. The maximum absolute atomic E-state index is 14.3. The molecule has 124 valence electrons. The summed E-state index contributed by atoms with van der Waals surface area (Å²) in [5, 5.41) is 0. The number of hydrogen-bond donors (Lipinski definition) is 0. The minimum absolute atomic E-state index is 0.181. The normalized spacial score (nSPS) is 13.8. The first-order valence-electron chi connectivity index (χ1n) is 8.43. The summed E-state index contributed by atoms with van der Waals surface area (Å²) in [4.78, 5) is 13.7. The van der Waals surface area contributed by atoms with Crippen LogP contribution in [0.4, 0.5) is 4.39 Å². The van der Waals surface area contributed by atoms with Crippen LogP contribution in [0.5, 0.6) is 0 Å². The van der Waals surface area contributed by atoms with Gasteiger partial charge in [-0.2, -0.15) is 0 Å². The number of aliphatic imine (C=N–C) groups is 1. The second kappa shape index (κ2) is 6.55. The molecule has 0 fully saturated rings. The number of aryl methyl sites for hydroxylation is 2. The summed E-state index contributed by atoms with van der Waals surface area (Å²) < 4.78 is 14.3. The van der Waals surface area contributed by atoms with Crippen LogP contribution in [-0.4, -0.2) is 15.7 Å². The lowest BCUT2D eigenvalue weighted by atomic mass is 10.1. The molecule has 25 heavy (non-hydrogen) atoms. The molecule has 0 atom stereocenters. The maximum atomic E-state index is 14.3. The van der Waals surface area contributed by atoms with Gasteiger partial charge in [-0.15, -0.1) is 0 Å². The van der Waals surface area contributed by atoms with Gasteiger partial charge in [-0.1, -0.05) is 30.3 Å². The molecule has 2 heterocycles. The lowest BCUT2D eigenvalue weighted by molar-refractivity contribution is 0.614. The van der Waals surface area contributed by atoms with Gasteiger partial charge in [0.25, 0.3) is 0 Å². The lowest BCUT2D eigenvalue weighted by Crippen LogP contribution is -2.00. The Labute approximate surface area is 146 Å². The third kappa shape index (κ3) is 3.20. The van der Waals surface area contributed by atoms with E-state index in [-0.39, 0.29) is 5.82 Å². The fraction of sp³-hybridized carbons (Fsp3) is 0.190. The van der Waals surface area contributed by atoms with Crippen molar-refractivity contribution in [3.63, 3.8) is 0 Å². The van der Waals surface area contributed by atoms with E-state index in [1.807, 2.05) is 42.6 Å². The minimum Gasteiger partial charge on any atom is -0.257 e. The van der Waals surface area contributed by atoms with Crippen molar-refractivity contribution in [3.05, 3.63) is 77.4 Å². The molecule has 0 saturated heterocycles. The van der Waals surface area contributed by atoms with Crippen molar-refractivity contribution >= 4 is 22.4 Å². The Morgan fingerprint density at radius 2 is 1.84 bits per heavy atom. The van der Waals surface area contributed by atoms with Crippen molar-refractivity contribution in [2.75, 3.05) is 0 Å². The zero-order valence-corrected chi connectivity index (χ0v) is 14.0. The van der Waals surface area contributed by atoms with Crippen LogP contribution in [0, 0.1) is 12.7 Å². The summed E-state index contributed by atoms with van der Waals surface area (Å²) in [6, 6.07) is 13.3. The van der Waals surface area contributed by atoms with Gasteiger partial charge < -0.3 is 0 Å². The van der Waals surface area contributed by atoms with Crippen LogP contribution in [-0.2, 0) is 6.42 Å². The zero-order chi connectivity index (χ0) is 17.2. The fourth-order valence-corrected chi connectivity index (χ4v) is 3.04. The summed E-state index contributed by atoms with van der Waals surface area (Å²) in [6.45, 7) is 1.78. The van der Waals surface area contributed by atoms with Gasteiger partial charge in [0.2, 0.25) is 0 Å². The van der Waals surface area contributed by atoms with Crippen LogP contribution in [0.2, 0.25) is 0 Å². The van der Waals surface area contributed by atoms with Crippen LogP contribution in [0.15, 0.2) is 59.7 Å². The number of allylic oxidation sites excluding steroid dienone is 1. The molecular formula is C21H18FN3. The molecule has 1 aromatic heterocycles. The van der Waals surface area contributed by atoms with Crippen LogP contribution >= 0.6 is 0 Å². The Morgan fingerprint density at radius 3 is 2.72 bits per heavy atom. The van der Waals surface area contributed by atoms with E-state index in [9.17, 15) is 4.39 Å². The minimum atomic E-state index is -0.181. The first kappa shape index (κ1) is 15.6. The van der Waals surface area contributed by atoms with Gasteiger partial charge in [-0.25, -0.2) is 9.37 Å². The maximum Gasteiger partial charge on any atom is 0.135 e. The van der Waals surface area contributed by atoms with E-state index in [0.29, 0.717) is 11.1 Å². The van der Waals surface area contributed by atoms with Gasteiger partial charge in [0.15, 0.2) is 0 Å². The Balaban J connectivity index is 1.48. The van der Waals surface area contributed by atoms with Crippen LogP contribution in [0.1, 0.15) is 29.7 Å². The number of halogens is 1. The predicted molar refractivity (Wildman–Crippen MR) is 99.0 cm³/mol. The van der Waals surface area contributed by atoms with Crippen LogP contribution < -0.4 is 0 Å². The largest absolute Gasteiger partial charge is 0.257 e. The molecule has 0 bridgehead atoms. The smallest absolute Gasteiger partial charge is 0.135 e. The lowest BCUT2D eigenvalue weighted by Gasteiger charge is -2.04. The molecule has 1 aliphatic rings. The molecule has 4 rings (SSSR count). The molecule has 0 radical (unpaired) electrons. The highest BCUT2D eigenvalue weighted by Crippen LogP contribution is 2.27. The topological polar surface area (TPSA) is 38.1 Å². The van der Waals surface area contributed by atoms with E-state index in [1.165, 1.54) is 0 Å². The SMILES string of the molecule is Cc1cccc(C2=CCC(CCc3cnc4ccccc4n3)=N2)c1F. The number of nitrogens with zero attached hydrogens (tertiary/aromatic N) is 3. The summed E-state index contributed by atoms with van der Waals surface area (Å²) >= 11 is 0. The Bertz CT molecular complexity index is 1000. The number of rotatable bonds is 4. The van der Waals surface area contributed by atoms with Gasteiger partial charge in [-0.3, -0.25) is 9.98 Å². The standard InChI is InChI=1S/C21H18FN3/c1-14-5-4-6-17(21(14)22)18-12-11-15(24-18)9-10-16-13-23-19-7-2-3-8-20(19)25-16/h2-8,12-13H,9-11H2,1H3. The molecule has 3 aromatic rings. The highest BCUT2D eigenvalue weighted by molar-refractivity contribution is 5.96. The van der Waals surface area contributed by atoms with E-state index in [2.05, 4.69) is 15.0 Å². The third-order valence-corrected chi connectivity index (χ3v) is 4.45. The van der Waals surface area contributed by atoms with Gasteiger partial charge in [0.05, 0.1) is 22.4 Å². The first-order chi connectivity index (χ1) is 12.2. The van der Waals surface area contributed by atoms with Crippen molar-refractivity contribution in [1.82, 2.24) is 9.97 Å². The summed E-state index contributed by atoms with van der Waals surface area (Å²) in [5.41, 5.74) is 5.80. The number of aromatic nitrogens is 2. The van der Waals surface area contributed by atoms with E-state index in [0.717, 1.165) is 47.4 Å². The molecule has 0 unspecified atom stereocenters. The quantitative estimate of drug-likeness (QED) is 0.682. The van der Waals surface area contributed by atoms with Crippen molar-refractivity contribution < 1.29 is 4.39 Å². The van der Waals surface area contributed by atoms with Crippen molar-refractivity contribution in [2.24, 2.45) is 4.99 Å². The average molecular weight is 331 g/mol. The van der Waals surface area contributed by atoms with Gasteiger partial charge in [-0.05, 0) is 43.5 Å². The van der Waals surface area contributed by atoms with Crippen LogP contribution in [0.25, 0.3) is 16.7 Å². The zero-order valence-electron chi connectivity index (χ0n) is 14.0. The fourth-order valence-electron chi connectivity index (χ4n) is 3.04. The molecule has 1 aliphatic heterocycles.